The van der Waals surface area contributed by atoms with Crippen molar-refractivity contribution in [1.82, 2.24) is 19.7 Å². The molecule has 3 rings (SSSR count). The monoisotopic (exact) mass is 288 g/mol. The first-order valence-corrected chi connectivity index (χ1v) is 7.61. The van der Waals surface area contributed by atoms with Gasteiger partial charge in [-0.25, -0.2) is 4.98 Å². The summed E-state index contributed by atoms with van der Waals surface area (Å²) in [5.41, 5.74) is 2.92. The van der Waals surface area contributed by atoms with Gasteiger partial charge in [-0.2, -0.15) is 5.10 Å². The number of aryl methyl sites for hydroxylation is 2. The number of fused-ring (bicyclic) bond motifs is 1. The van der Waals surface area contributed by atoms with Crippen LogP contribution in [-0.4, -0.2) is 19.7 Å². The Bertz CT molecular complexity index is 799. The first-order valence-electron chi connectivity index (χ1n) is 6.73. The standard InChI is InChI=1S/C14H16N4OS/c1-3-9-7-10(4-2)18(17-9)8-12-15-11-5-6-20-13(11)14(19)16-12/h5-7H,3-4,8H2,1-2H3,(H,15,16,19). The van der Waals surface area contributed by atoms with Gasteiger partial charge in [0.2, 0.25) is 0 Å². The minimum atomic E-state index is -0.0686. The molecule has 0 saturated carbocycles. The van der Waals surface area contributed by atoms with E-state index in [4.69, 9.17) is 0 Å². The van der Waals surface area contributed by atoms with Crippen LogP contribution < -0.4 is 5.56 Å². The lowest BCUT2D eigenvalue weighted by Gasteiger charge is -2.05. The van der Waals surface area contributed by atoms with Gasteiger partial charge in [-0.15, -0.1) is 11.3 Å². The van der Waals surface area contributed by atoms with Crippen molar-refractivity contribution in [3.05, 3.63) is 45.1 Å². The summed E-state index contributed by atoms with van der Waals surface area (Å²) in [5, 5.41) is 6.44. The Hall–Kier alpha value is -1.95. The van der Waals surface area contributed by atoms with Gasteiger partial charge in [0.05, 0.1) is 17.8 Å². The van der Waals surface area contributed by atoms with Crippen LogP contribution in [0.25, 0.3) is 10.2 Å². The predicted octanol–water partition coefficient (Wildman–Crippen LogP) is 2.35. The Morgan fingerprint density at radius 3 is 2.95 bits per heavy atom. The van der Waals surface area contributed by atoms with Crippen molar-refractivity contribution in [3.63, 3.8) is 0 Å². The third kappa shape index (κ3) is 2.27. The molecule has 1 N–H and O–H groups in total. The fraction of sp³-hybridized carbons (Fsp3) is 0.357. The highest BCUT2D eigenvalue weighted by Crippen LogP contribution is 2.14. The number of nitrogens with one attached hydrogen (secondary N) is 1. The van der Waals surface area contributed by atoms with Gasteiger partial charge in [-0.05, 0) is 30.4 Å². The quantitative estimate of drug-likeness (QED) is 0.801. The SMILES string of the molecule is CCc1cc(CC)n(Cc2nc3ccsc3c(=O)[nH]2)n1. The van der Waals surface area contributed by atoms with E-state index in [0.717, 1.165) is 29.7 Å². The lowest BCUT2D eigenvalue weighted by atomic mass is 10.2. The Morgan fingerprint density at radius 1 is 1.35 bits per heavy atom. The van der Waals surface area contributed by atoms with E-state index in [1.165, 1.54) is 11.3 Å². The molecule has 5 nitrogen and oxygen atoms in total. The van der Waals surface area contributed by atoms with Gasteiger partial charge in [-0.1, -0.05) is 13.8 Å². The largest absolute Gasteiger partial charge is 0.308 e. The second-order valence-electron chi connectivity index (χ2n) is 4.64. The summed E-state index contributed by atoms with van der Waals surface area (Å²) in [6, 6.07) is 3.99. The minimum Gasteiger partial charge on any atom is -0.308 e. The van der Waals surface area contributed by atoms with Crippen molar-refractivity contribution in [2.24, 2.45) is 0 Å². The van der Waals surface area contributed by atoms with Gasteiger partial charge in [0.25, 0.3) is 5.56 Å². The van der Waals surface area contributed by atoms with Crippen LogP contribution in [0.3, 0.4) is 0 Å². The zero-order chi connectivity index (χ0) is 14.1. The summed E-state index contributed by atoms with van der Waals surface area (Å²) in [6.07, 6.45) is 1.82. The third-order valence-corrected chi connectivity index (χ3v) is 4.20. The summed E-state index contributed by atoms with van der Waals surface area (Å²) in [6.45, 7) is 4.69. The molecule has 20 heavy (non-hydrogen) atoms. The van der Waals surface area contributed by atoms with Crippen LogP contribution in [-0.2, 0) is 19.4 Å². The second-order valence-corrected chi connectivity index (χ2v) is 5.56. The Kier molecular flexibility index (Phi) is 3.40. The molecule has 0 radical (unpaired) electrons. The van der Waals surface area contributed by atoms with E-state index in [1.54, 1.807) is 0 Å². The topological polar surface area (TPSA) is 63.6 Å². The molecule has 0 fully saturated rings. The van der Waals surface area contributed by atoms with Crippen molar-refractivity contribution in [2.45, 2.75) is 33.2 Å². The van der Waals surface area contributed by atoms with E-state index >= 15 is 0 Å². The maximum absolute atomic E-state index is 12.0. The van der Waals surface area contributed by atoms with Crippen LogP contribution in [0.15, 0.2) is 22.3 Å². The zero-order valence-electron chi connectivity index (χ0n) is 11.5. The minimum absolute atomic E-state index is 0.0686. The predicted molar refractivity (Wildman–Crippen MR) is 80.3 cm³/mol. The molecule has 3 aromatic rings. The third-order valence-electron chi connectivity index (χ3n) is 3.30. The maximum atomic E-state index is 12.0. The van der Waals surface area contributed by atoms with Gasteiger partial charge in [0.15, 0.2) is 0 Å². The van der Waals surface area contributed by atoms with E-state index in [9.17, 15) is 4.79 Å². The van der Waals surface area contributed by atoms with Crippen LogP contribution in [0.2, 0.25) is 0 Å². The molecule has 104 valence electrons. The van der Waals surface area contributed by atoms with E-state index in [1.807, 2.05) is 16.1 Å². The molecular formula is C14H16N4OS. The molecule has 0 aliphatic rings. The van der Waals surface area contributed by atoms with Crippen LogP contribution >= 0.6 is 11.3 Å². The molecule has 3 aromatic heterocycles. The number of aromatic amines is 1. The molecular weight excluding hydrogens is 272 g/mol. The van der Waals surface area contributed by atoms with E-state index in [0.29, 0.717) is 17.1 Å². The number of nitrogens with zero attached hydrogens (tertiary/aromatic N) is 3. The fourth-order valence-electron chi connectivity index (χ4n) is 2.25. The van der Waals surface area contributed by atoms with Gasteiger partial charge >= 0.3 is 0 Å². The highest BCUT2D eigenvalue weighted by molar-refractivity contribution is 7.17. The van der Waals surface area contributed by atoms with Crippen molar-refractivity contribution < 1.29 is 0 Å². The lowest BCUT2D eigenvalue weighted by molar-refractivity contribution is 0.617. The molecule has 0 bridgehead atoms. The highest BCUT2D eigenvalue weighted by atomic mass is 32.1. The number of hydrogen-bond acceptors (Lipinski definition) is 4. The molecule has 0 aromatic carbocycles. The molecule has 0 aliphatic heterocycles. The van der Waals surface area contributed by atoms with Crippen molar-refractivity contribution in [1.29, 1.82) is 0 Å². The second kappa shape index (κ2) is 5.20. The van der Waals surface area contributed by atoms with E-state index in [-0.39, 0.29) is 5.56 Å². The fourth-order valence-corrected chi connectivity index (χ4v) is 2.97. The molecule has 0 aliphatic carbocycles. The van der Waals surface area contributed by atoms with Crippen LogP contribution in [0.5, 0.6) is 0 Å². The number of thiophene rings is 1. The summed E-state index contributed by atoms with van der Waals surface area (Å²) in [5.74, 6) is 0.654. The number of hydrogen-bond donors (Lipinski definition) is 1. The summed E-state index contributed by atoms with van der Waals surface area (Å²) < 4.78 is 2.61. The summed E-state index contributed by atoms with van der Waals surface area (Å²) in [4.78, 5) is 19.3. The number of rotatable bonds is 4. The summed E-state index contributed by atoms with van der Waals surface area (Å²) >= 11 is 1.42. The molecule has 0 spiro atoms. The molecule has 0 saturated heterocycles. The number of H-pyrrole nitrogens is 1. The molecule has 0 amide bonds. The van der Waals surface area contributed by atoms with Crippen molar-refractivity contribution in [2.75, 3.05) is 0 Å². The molecule has 0 atom stereocenters. The van der Waals surface area contributed by atoms with Crippen molar-refractivity contribution >= 4 is 21.6 Å². The van der Waals surface area contributed by atoms with Gasteiger partial charge in [0.1, 0.15) is 10.5 Å². The summed E-state index contributed by atoms with van der Waals surface area (Å²) in [7, 11) is 0. The first kappa shape index (κ1) is 13.1. The zero-order valence-corrected chi connectivity index (χ0v) is 12.3. The molecule has 0 unspecified atom stereocenters. The number of aromatic nitrogens is 4. The van der Waals surface area contributed by atoms with Crippen LogP contribution in [0, 0.1) is 0 Å². The van der Waals surface area contributed by atoms with Crippen LogP contribution in [0.1, 0.15) is 31.1 Å². The molecule has 3 heterocycles. The van der Waals surface area contributed by atoms with E-state index < -0.39 is 0 Å². The smallest absolute Gasteiger partial charge is 0.268 e. The average molecular weight is 288 g/mol. The Morgan fingerprint density at radius 2 is 2.20 bits per heavy atom. The molecule has 6 heteroatoms. The highest BCUT2D eigenvalue weighted by Gasteiger charge is 2.09. The van der Waals surface area contributed by atoms with Crippen LogP contribution in [0.4, 0.5) is 0 Å². The maximum Gasteiger partial charge on any atom is 0.268 e. The van der Waals surface area contributed by atoms with E-state index in [2.05, 4.69) is 35.0 Å². The lowest BCUT2D eigenvalue weighted by Crippen LogP contribution is -2.15. The van der Waals surface area contributed by atoms with Gasteiger partial charge in [-0.3, -0.25) is 9.48 Å². The first-order chi connectivity index (χ1) is 9.71. The van der Waals surface area contributed by atoms with Gasteiger partial charge < -0.3 is 4.98 Å². The Labute approximate surface area is 120 Å². The Balaban J connectivity index is 2.00. The normalized spacial score (nSPS) is 11.3. The van der Waals surface area contributed by atoms with Crippen molar-refractivity contribution in [3.8, 4) is 0 Å². The average Bonchev–Trinajstić information content (AvgIpc) is 3.05. The van der Waals surface area contributed by atoms with Gasteiger partial charge in [0, 0.05) is 5.69 Å².